The molecule has 0 saturated carbocycles. The third kappa shape index (κ3) is 9.68. The molecule has 0 unspecified atom stereocenters. The number of sulfonamides is 1. The van der Waals surface area contributed by atoms with E-state index < -0.39 is 51.7 Å². The zero-order valence-corrected chi connectivity index (χ0v) is 28.4. The van der Waals surface area contributed by atoms with E-state index in [0.29, 0.717) is 15.9 Å². The maximum atomic E-state index is 14.5. The highest BCUT2D eigenvalue weighted by Gasteiger charge is 2.37. The Morgan fingerprint density at radius 3 is 2.00 bits per heavy atom. The molecule has 0 aliphatic heterocycles. The van der Waals surface area contributed by atoms with Gasteiger partial charge in [-0.2, -0.15) is 13.2 Å². The van der Waals surface area contributed by atoms with E-state index in [4.69, 9.17) is 0 Å². The van der Waals surface area contributed by atoms with Gasteiger partial charge >= 0.3 is 6.18 Å². The predicted octanol–water partition coefficient (Wildman–Crippen LogP) is 7.22. The average molecular weight is 731 g/mol. The van der Waals surface area contributed by atoms with Crippen molar-refractivity contribution in [3.63, 3.8) is 0 Å². The molecule has 0 aromatic heterocycles. The molecule has 1 N–H and O–H groups in total. The van der Waals surface area contributed by atoms with Crippen molar-refractivity contribution in [3.8, 4) is 0 Å². The van der Waals surface area contributed by atoms with Gasteiger partial charge in [0.05, 0.1) is 16.1 Å². The number of hydrogen-bond acceptors (Lipinski definition) is 4. The van der Waals surface area contributed by atoms with E-state index in [1.54, 1.807) is 63.2 Å². The molecule has 0 fully saturated rings. The Morgan fingerprint density at radius 2 is 1.40 bits per heavy atom. The number of benzene rings is 4. The van der Waals surface area contributed by atoms with Gasteiger partial charge in [-0.1, -0.05) is 82.7 Å². The van der Waals surface area contributed by atoms with Crippen LogP contribution in [0.15, 0.2) is 119 Å². The van der Waals surface area contributed by atoms with Crippen molar-refractivity contribution in [2.45, 2.75) is 56.4 Å². The minimum Gasteiger partial charge on any atom is -0.350 e. The summed E-state index contributed by atoms with van der Waals surface area (Å²) >= 11 is 3.43. The van der Waals surface area contributed by atoms with Crippen molar-refractivity contribution in [3.05, 3.63) is 130 Å². The zero-order valence-electron chi connectivity index (χ0n) is 26.0. The molecule has 2 amide bonds. The summed E-state index contributed by atoms with van der Waals surface area (Å²) < 4.78 is 70.7. The van der Waals surface area contributed by atoms with Crippen LogP contribution in [0.25, 0.3) is 0 Å². The van der Waals surface area contributed by atoms with Crippen molar-refractivity contribution < 1.29 is 31.2 Å². The highest BCUT2D eigenvalue weighted by Crippen LogP contribution is 2.33. The Kier molecular flexibility index (Phi) is 11.2. The van der Waals surface area contributed by atoms with Crippen LogP contribution < -0.4 is 9.62 Å². The molecule has 0 aliphatic carbocycles. The summed E-state index contributed by atoms with van der Waals surface area (Å²) in [6.45, 7) is 4.43. The maximum absolute atomic E-state index is 14.5. The van der Waals surface area contributed by atoms with Crippen molar-refractivity contribution >= 4 is 43.5 Å². The molecule has 4 rings (SSSR count). The number of nitrogens with one attached hydrogen (secondary N) is 1. The second kappa shape index (κ2) is 14.7. The van der Waals surface area contributed by atoms with Crippen LogP contribution >= 0.6 is 15.9 Å². The SMILES string of the molecule is CC(C)(C)NC(=O)[C@@H](Cc1ccccc1)N(Cc1cccc(Br)c1)C(=O)CN(c1cccc(C(F)(F)F)c1)S(=O)(=O)c1ccccc1. The van der Waals surface area contributed by atoms with Crippen molar-refractivity contribution in [1.29, 1.82) is 0 Å². The lowest BCUT2D eigenvalue weighted by molar-refractivity contribution is -0.140. The fourth-order valence-electron chi connectivity index (χ4n) is 4.92. The zero-order chi connectivity index (χ0) is 34.4. The Balaban J connectivity index is 1.85. The van der Waals surface area contributed by atoms with E-state index in [2.05, 4.69) is 21.2 Å². The van der Waals surface area contributed by atoms with Crippen LogP contribution in [0.5, 0.6) is 0 Å². The molecule has 0 heterocycles. The number of rotatable bonds is 11. The lowest BCUT2D eigenvalue weighted by atomic mass is 10.0. The second-order valence-corrected chi connectivity index (χ2v) is 14.7. The average Bonchev–Trinajstić information content (AvgIpc) is 3.01. The summed E-state index contributed by atoms with van der Waals surface area (Å²) in [6.07, 6.45) is -4.67. The van der Waals surface area contributed by atoms with Gasteiger partial charge in [0.25, 0.3) is 10.0 Å². The van der Waals surface area contributed by atoms with Crippen LogP contribution in [0.4, 0.5) is 18.9 Å². The molecule has 0 bridgehead atoms. The first-order valence-corrected chi connectivity index (χ1v) is 16.9. The third-order valence-electron chi connectivity index (χ3n) is 7.08. The quantitative estimate of drug-likeness (QED) is 0.177. The Morgan fingerprint density at radius 1 is 0.809 bits per heavy atom. The standard InChI is InChI=1S/C35H35BrF3N3O4S/c1-34(2,3)40-33(44)31(21-25-12-6-4-7-13-25)41(23-26-14-10-16-28(36)20-26)32(43)24-42(47(45,46)30-18-8-5-9-19-30)29-17-11-15-27(22-29)35(37,38)39/h4-20,22,31H,21,23-24H2,1-3H3,(H,40,44)/t31-/m1/s1. The van der Waals surface area contributed by atoms with Crippen LogP contribution in [0.2, 0.25) is 0 Å². The summed E-state index contributed by atoms with van der Waals surface area (Å²) in [4.78, 5) is 29.5. The largest absolute Gasteiger partial charge is 0.416 e. The first kappa shape index (κ1) is 35.7. The van der Waals surface area contributed by atoms with Gasteiger partial charge in [-0.15, -0.1) is 0 Å². The smallest absolute Gasteiger partial charge is 0.350 e. The summed E-state index contributed by atoms with van der Waals surface area (Å²) in [5, 5.41) is 2.94. The lowest BCUT2D eigenvalue weighted by Crippen LogP contribution is -2.56. The normalized spacial score (nSPS) is 12.7. The van der Waals surface area contributed by atoms with Crippen LogP contribution in [0.3, 0.4) is 0 Å². The van der Waals surface area contributed by atoms with Crippen LogP contribution in [-0.4, -0.2) is 43.3 Å². The molecule has 7 nitrogen and oxygen atoms in total. The number of carbonyl (C=O) groups excluding carboxylic acids is 2. The van der Waals surface area contributed by atoms with Gasteiger partial charge in [-0.25, -0.2) is 8.42 Å². The van der Waals surface area contributed by atoms with Crippen LogP contribution in [0, 0.1) is 0 Å². The number of alkyl halides is 3. The number of anilines is 1. The van der Waals surface area contributed by atoms with Crippen LogP contribution in [0.1, 0.15) is 37.5 Å². The number of amides is 2. The minimum absolute atomic E-state index is 0.0881. The van der Waals surface area contributed by atoms with Crippen molar-refractivity contribution in [2.24, 2.45) is 0 Å². The first-order valence-electron chi connectivity index (χ1n) is 14.7. The summed E-state index contributed by atoms with van der Waals surface area (Å²) in [5.74, 6) is -1.26. The number of nitrogens with zero attached hydrogens (tertiary/aromatic N) is 2. The lowest BCUT2D eigenvalue weighted by Gasteiger charge is -2.35. The fourth-order valence-corrected chi connectivity index (χ4v) is 6.80. The molecule has 4 aromatic carbocycles. The van der Waals surface area contributed by atoms with Crippen molar-refractivity contribution in [2.75, 3.05) is 10.8 Å². The molecular formula is C35H35BrF3N3O4S. The van der Waals surface area contributed by atoms with E-state index >= 15 is 0 Å². The van der Waals surface area contributed by atoms with Crippen LogP contribution in [-0.2, 0) is 38.8 Å². The number of hydrogen-bond donors (Lipinski definition) is 1. The Labute approximate surface area is 281 Å². The van der Waals surface area contributed by atoms with Gasteiger partial charge in [-0.05, 0) is 74.4 Å². The number of carbonyl (C=O) groups is 2. The third-order valence-corrected chi connectivity index (χ3v) is 9.36. The minimum atomic E-state index is -4.76. The monoisotopic (exact) mass is 729 g/mol. The van der Waals surface area contributed by atoms with E-state index in [1.807, 2.05) is 18.2 Å². The fraction of sp³-hybridized carbons (Fsp3) is 0.257. The van der Waals surface area contributed by atoms with Gasteiger partial charge in [0, 0.05) is 23.0 Å². The highest BCUT2D eigenvalue weighted by atomic mass is 79.9. The molecule has 0 saturated heterocycles. The summed E-state index contributed by atoms with van der Waals surface area (Å²) in [7, 11) is -4.55. The molecule has 1 atom stereocenters. The highest BCUT2D eigenvalue weighted by molar-refractivity contribution is 9.10. The van der Waals surface area contributed by atoms with E-state index in [9.17, 15) is 31.2 Å². The van der Waals surface area contributed by atoms with E-state index in [0.717, 1.165) is 22.2 Å². The number of halogens is 4. The van der Waals surface area contributed by atoms with Gasteiger partial charge in [0.1, 0.15) is 12.6 Å². The van der Waals surface area contributed by atoms with Gasteiger partial charge in [0.2, 0.25) is 11.8 Å². The molecule has 0 spiro atoms. The molecule has 47 heavy (non-hydrogen) atoms. The predicted molar refractivity (Wildman–Crippen MR) is 179 cm³/mol. The molecule has 12 heteroatoms. The molecule has 0 radical (unpaired) electrons. The van der Waals surface area contributed by atoms with Gasteiger partial charge in [0.15, 0.2) is 0 Å². The molecule has 4 aromatic rings. The van der Waals surface area contributed by atoms with Crippen molar-refractivity contribution in [1.82, 2.24) is 10.2 Å². The molecule has 0 aliphatic rings. The first-order chi connectivity index (χ1) is 22.0. The Hall–Kier alpha value is -4.16. The van der Waals surface area contributed by atoms with E-state index in [-0.39, 0.29) is 23.5 Å². The Bertz CT molecular complexity index is 1800. The summed E-state index contributed by atoms with van der Waals surface area (Å²) in [5.41, 5.74) is -0.699. The molecular weight excluding hydrogens is 695 g/mol. The van der Waals surface area contributed by atoms with Gasteiger partial charge in [-0.3, -0.25) is 13.9 Å². The van der Waals surface area contributed by atoms with E-state index in [1.165, 1.54) is 35.2 Å². The molecule has 248 valence electrons. The van der Waals surface area contributed by atoms with Gasteiger partial charge < -0.3 is 10.2 Å². The maximum Gasteiger partial charge on any atom is 0.416 e. The second-order valence-electron chi connectivity index (χ2n) is 12.0. The topological polar surface area (TPSA) is 86.8 Å². The summed E-state index contributed by atoms with van der Waals surface area (Å²) in [6, 6.07) is 26.0.